The Bertz CT molecular complexity index is 745. The molecule has 0 spiro atoms. The number of urea groups is 1. The average molecular weight is 359 g/mol. The number of nitrogens with zero attached hydrogens (tertiary/aromatic N) is 4. The predicted molar refractivity (Wildman–Crippen MR) is 76.6 cm³/mol. The van der Waals surface area contributed by atoms with Crippen molar-refractivity contribution in [3.8, 4) is 0 Å². The number of rotatable bonds is 4. The predicted octanol–water partition coefficient (Wildman–Crippen LogP) is 0.170. The maximum absolute atomic E-state index is 12.4. The van der Waals surface area contributed by atoms with Crippen LogP contribution < -0.4 is 5.32 Å². The molecule has 0 radical (unpaired) electrons. The fraction of sp³-hybridized carbons (Fsp3) is 0.750. The lowest BCUT2D eigenvalue weighted by Crippen LogP contribution is -2.35. The summed E-state index contributed by atoms with van der Waals surface area (Å²) in [6.07, 6.45) is 3.01. The van der Waals surface area contributed by atoms with Gasteiger partial charge in [-0.15, -0.1) is 14.5 Å². The molecule has 0 aliphatic carbocycles. The third-order valence-corrected chi connectivity index (χ3v) is 4.95. The summed E-state index contributed by atoms with van der Waals surface area (Å²) in [6.45, 7) is 1.18. The molecule has 3 saturated heterocycles. The number of carbonyl (C=O) groups is 1. The minimum atomic E-state index is -4.75. The van der Waals surface area contributed by atoms with Crippen LogP contribution in [0.5, 0.6) is 0 Å². The van der Waals surface area contributed by atoms with Crippen LogP contribution >= 0.6 is 0 Å². The van der Waals surface area contributed by atoms with Gasteiger partial charge in [0.05, 0.1) is 12.1 Å². The molecule has 12 heteroatoms. The van der Waals surface area contributed by atoms with E-state index in [0.29, 0.717) is 29.7 Å². The highest BCUT2D eigenvalue weighted by molar-refractivity contribution is 7.80. The van der Waals surface area contributed by atoms with Gasteiger partial charge in [-0.1, -0.05) is 0 Å². The van der Waals surface area contributed by atoms with E-state index in [1.807, 2.05) is 0 Å². The van der Waals surface area contributed by atoms with Crippen LogP contribution in [0.3, 0.4) is 0 Å². The van der Waals surface area contributed by atoms with E-state index in [-0.39, 0.29) is 12.6 Å². The molecule has 1 aromatic heterocycles. The summed E-state index contributed by atoms with van der Waals surface area (Å²) in [5.74, 6) is 0.835. The Morgan fingerprint density at radius 3 is 2.75 bits per heavy atom. The summed E-state index contributed by atoms with van der Waals surface area (Å²) < 4.78 is 40.7. The number of aromatic nitrogens is 2. The van der Waals surface area contributed by atoms with E-state index >= 15 is 0 Å². The van der Waals surface area contributed by atoms with Crippen molar-refractivity contribution in [3.05, 3.63) is 11.8 Å². The first kappa shape index (κ1) is 15.7. The Morgan fingerprint density at radius 2 is 2.04 bits per heavy atom. The van der Waals surface area contributed by atoms with Crippen LogP contribution in [0.2, 0.25) is 0 Å². The molecule has 11 nitrogen and oxygen atoms in total. The molecule has 0 aromatic carbocycles. The summed E-state index contributed by atoms with van der Waals surface area (Å²) in [4.78, 5) is 13.8. The van der Waals surface area contributed by atoms with E-state index in [0.717, 1.165) is 19.4 Å². The third kappa shape index (κ3) is 2.75. The van der Waals surface area contributed by atoms with Gasteiger partial charge in [-0.05, 0) is 32.2 Å². The van der Waals surface area contributed by atoms with E-state index in [4.69, 9.17) is 8.97 Å². The van der Waals surface area contributed by atoms with Crippen LogP contribution in [0.1, 0.15) is 49.5 Å². The number of carbonyl (C=O) groups excluding carboxylic acids is 1. The molecule has 0 saturated carbocycles. The molecule has 2 bridgehead atoms. The van der Waals surface area contributed by atoms with Crippen LogP contribution in [0.4, 0.5) is 4.79 Å². The van der Waals surface area contributed by atoms with E-state index in [1.165, 1.54) is 4.90 Å². The first-order valence-electron chi connectivity index (χ1n) is 7.76. The van der Waals surface area contributed by atoms with Crippen LogP contribution in [0.15, 0.2) is 4.42 Å². The number of fused-ring (bicyclic) bond motifs is 2. The molecule has 3 atom stereocenters. The van der Waals surface area contributed by atoms with Crippen LogP contribution in [0.25, 0.3) is 0 Å². The quantitative estimate of drug-likeness (QED) is 0.720. The second kappa shape index (κ2) is 5.65. The van der Waals surface area contributed by atoms with E-state index < -0.39 is 28.5 Å². The van der Waals surface area contributed by atoms with Gasteiger partial charge in [0.25, 0.3) is 0 Å². The van der Waals surface area contributed by atoms with Crippen LogP contribution in [0, 0.1) is 0 Å². The molecule has 132 valence electrons. The molecule has 1 aromatic rings. The van der Waals surface area contributed by atoms with Crippen molar-refractivity contribution in [3.63, 3.8) is 0 Å². The number of nitrogens with one attached hydrogen (secondary N) is 1. The molecular formula is C12H17N5O6S. The van der Waals surface area contributed by atoms with Gasteiger partial charge in [-0.25, -0.2) is 4.79 Å². The Labute approximate surface area is 137 Å². The van der Waals surface area contributed by atoms with Crippen molar-refractivity contribution in [2.75, 3.05) is 13.1 Å². The largest absolute Gasteiger partial charge is 0.421 e. The maximum atomic E-state index is 12.4. The van der Waals surface area contributed by atoms with Gasteiger partial charge in [0, 0.05) is 6.54 Å². The lowest BCUT2D eigenvalue weighted by atomic mass is 10.0. The lowest BCUT2D eigenvalue weighted by Gasteiger charge is -2.27. The smallest absolute Gasteiger partial charge is 0.418 e. The minimum Gasteiger partial charge on any atom is -0.421 e. The Morgan fingerprint density at radius 1 is 1.25 bits per heavy atom. The topological polar surface area (TPSA) is 138 Å². The van der Waals surface area contributed by atoms with Gasteiger partial charge in [-0.2, -0.15) is 13.5 Å². The normalized spacial score (nSPS) is 30.4. The van der Waals surface area contributed by atoms with E-state index in [1.54, 1.807) is 0 Å². The summed E-state index contributed by atoms with van der Waals surface area (Å²) >= 11 is 0. The van der Waals surface area contributed by atoms with Gasteiger partial charge in [0.1, 0.15) is 6.04 Å². The van der Waals surface area contributed by atoms with Gasteiger partial charge < -0.3 is 14.6 Å². The number of piperidine rings is 1. The lowest BCUT2D eigenvalue weighted by molar-refractivity contribution is -0.0317. The summed E-state index contributed by atoms with van der Waals surface area (Å²) in [7, 11) is -4.75. The monoisotopic (exact) mass is 359 g/mol. The second-order valence-electron chi connectivity index (χ2n) is 6.14. The third-order valence-electron chi connectivity index (χ3n) is 4.60. The number of amides is 2. The zero-order valence-electron chi connectivity index (χ0n) is 12.7. The highest BCUT2D eigenvalue weighted by Crippen LogP contribution is 2.38. The Kier molecular flexibility index (Phi) is 3.71. The highest BCUT2D eigenvalue weighted by Gasteiger charge is 2.49. The highest BCUT2D eigenvalue weighted by atomic mass is 32.3. The zero-order valence-corrected chi connectivity index (χ0v) is 13.5. The molecule has 4 heterocycles. The van der Waals surface area contributed by atoms with Crippen molar-refractivity contribution in [1.29, 1.82) is 0 Å². The Hall–Kier alpha value is -1.76. The summed E-state index contributed by atoms with van der Waals surface area (Å²) in [6, 6.07) is -1.46. The molecule has 3 fully saturated rings. The average Bonchev–Trinajstić information content (AvgIpc) is 3.24. The van der Waals surface area contributed by atoms with Crippen molar-refractivity contribution in [2.45, 2.75) is 43.8 Å². The number of hydroxylamine groups is 2. The fourth-order valence-corrected chi connectivity index (χ4v) is 3.89. The number of hydrogen-bond donors (Lipinski definition) is 2. The Balaban J connectivity index is 1.53. The molecule has 0 unspecified atom stereocenters. The van der Waals surface area contributed by atoms with E-state index in [2.05, 4.69) is 19.8 Å². The summed E-state index contributed by atoms with van der Waals surface area (Å²) in [5, 5.41) is 12.1. The van der Waals surface area contributed by atoms with Crippen LogP contribution in [-0.2, 0) is 14.7 Å². The molecule has 3 aliphatic heterocycles. The fourth-order valence-electron chi connectivity index (χ4n) is 3.51. The standard InChI is InChI=1S/C12H17N5O6S/c18-12-16-6-7(17(12)23-24(19,20)21)3-4-9(16)11-15-14-10(22-11)8-2-1-5-13-8/h7-9,13H,1-6H2,(H,19,20,21)/t7-,8+,9+/m1/s1. The van der Waals surface area contributed by atoms with Gasteiger partial charge >= 0.3 is 16.4 Å². The van der Waals surface area contributed by atoms with Crippen molar-refractivity contribution >= 4 is 16.4 Å². The molecule has 2 N–H and O–H groups in total. The molecule has 3 aliphatic rings. The van der Waals surface area contributed by atoms with Crippen molar-refractivity contribution in [1.82, 2.24) is 25.5 Å². The van der Waals surface area contributed by atoms with Crippen LogP contribution in [-0.4, -0.2) is 58.3 Å². The van der Waals surface area contributed by atoms with Gasteiger partial charge in [-0.3, -0.25) is 4.55 Å². The minimum absolute atomic E-state index is 0.0382. The zero-order chi connectivity index (χ0) is 16.9. The first-order chi connectivity index (χ1) is 11.4. The molecule has 2 amide bonds. The van der Waals surface area contributed by atoms with Gasteiger partial charge in [0.15, 0.2) is 0 Å². The molecule has 24 heavy (non-hydrogen) atoms. The van der Waals surface area contributed by atoms with E-state index in [9.17, 15) is 13.2 Å². The number of hydrogen-bond acceptors (Lipinski definition) is 8. The molecular weight excluding hydrogens is 342 g/mol. The SMILES string of the molecule is O=C1N2C[C@@H](CC[C@H]2c2nnc([C@@H]3CCCN3)o2)N1OS(=O)(=O)O. The summed E-state index contributed by atoms with van der Waals surface area (Å²) in [5.41, 5.74) is 0. The maximum Gasteiger partial charge on any atom is 0.418 e. The van der Waals surface area contributed by atoms with Crippen molar-refractivity contribution < 1.29 is 26.5 Å². The molecule has 4 rings (SSSR count). The second-order valence-corrected chi connectivity index (χ2v) is 7.14. The first-order valence-corrected chi connectivity index (χ1v) is 9.12. The van der Waals surface area contributed by atoms with Crippen molar-refractivity contribution in [2.24, 2.45) is 0 Å². The van der Waals surface area contributed by atoms with Gasteiger partial charge in [0.2, 0.25) is 11.8 Å².